The average Bonchev–Trinajstić information content (AvgIpc) is 2.45. The SMILES string of the molecule is CC[C@@H](N)c1ccccc1OCc1ncccn1. The van der Waals surface area contributed by atoms with Crippen LogP contribution >= 0.6 is 0 Å². The van der Waals surface area contributed by atoms with Gasteiger partial charge < -0.3 is 10.5 Å². The fraction of sp³-hybridized carbons (Fsp3) is 0.286. The molecule has 0 bridgehead atoms. The Morgan fingerprint density at radius 3 is 2.61 bits per heavy atom. The Balaban J connectivity index is 2.10. The second kappa shape index (κ2) is 6.12. The monoisotopic (exact) mass is 243 g/mol. The highest BCUT2D eigenvalue weighted by Gasteiger charge is 2.10. The summed E-state index contributed by atoms with van der Waals surface area (Å²) in [5, 5.41) is 0. The van der Waals surface area contributed by atoms with E-state index in [0.717, 1.165) is 17.7 Å². The molecule has 1 heterocycles. The molecule has 18 heavy (non-hydrogen) atoms. The second-order valence-electron chi connectivity index (χ2n) is 4.01. The Morgan fingerprint density at radius 1 is 1.17 bits per heavy atom. The van der Waals surface area contributed by atoms with Crippen LogP contribution in [0.25, 0.3) is 0 Å². The molecule has 2 N–H and O–H groups in total. The third kappa shape index (κ3) is 3.05. The molecule has 1 aromatic heterocycles. The van der Waals surface area contributed by atoms with Crippen molar-refractivity contribution in [2.75, 3.05) is 0 Å². The normalized spacial score (nSPS) is 12.1. The molecule has 1 aromatic carbocycles. The van der Waals surface area contributed by atoms with Gasteiger partial charge in [-0.15, -0.1) is 0 Å². The molecule has 0 fully saturated rings. The van der Waals surface area contributed by atoms with Crippen molar-refractivity contribution in [1.82, 2.24) is 9.97 Å². The van der Waals surface area contributed by atoms with E-state index in [9.17, 15) is 0 Å². The van der Waals surface area contributed by atoms with Crippen molar-refractivity contribution < 1.29 is 4.74 Å². The smallest absolute Gasteiger partial charge is 0.166 e. The van der Waals surface area contributed by atoms with Crippen LogP contribution in [0, 0.1) is 0 Å². The molecule has 0 amide bonds. The Bertz CT molecular complexity index is 487. The number of rotatable bonds is 5. The van der Waals surface area contributed by atoms with Gasteiger partial charge in [0.25, 0.3) is 0 Å². The summed E-state index contributed by atoms with van der Waals surface area (Å²) in [6.07, 6.45) is 4.28. The summed E-state index contributed by atoms with van der Waals surface area (Å²) in [4.78, 5) is 8.24. The van der Waals surface area contributed by atoms with Gasteiger partial charge in [0.15, 0.2) is 5.82 Å². The molecule has 1 atom stereocenters. The molecule has 2 rings (SSSR count). The largest absolute Gasteiger partial charge is 0.485 e. The van der Waals surface area contributed by atoms with Gasteiger partial charge in [-0.3, -0.25) is 0 Å². The number of benzene rings is 1. The van der Waals surface area contributed by atoms with Crippen LogP contribution in [-0.4, -0.2) is 9.97 Å². The number of hydrogen-bond acceptors (Lipinski definition) is 4. The number of para-hydroxylation sites is 1. The van der Waals surface area contributed by atoms with Gasteiger partial charge >= 0.3 is 0 Å². The van der Waals surface area contributed by atoms with Crippen LogP contribution in [-0.2, 0) is 6.61 Å². The average molecular weight is 243 g/mol. The first-order valence-electron chi connectivity index (χ1n) is 6.04. The summed E-state index contributed by atoms with van der Waals surface area (Å²) in [6, 6.07) is 9.61. The Hall–Kier alpha value is -1.94. The van der Waals surface area contributed by atoms with Crippen LogP contribution in [0.3, 0.4) is 0 Å². The van der Waals surface area contributed by atoms with Gasteiger partial charge in [0.05, 0.1) is 0 Å². The van der Waals surface area contributed by atoms with Crippen molar-refractivity contribution in [3.05, 3.63) is 54.1 Å². The second-order valence-corrected chi connectivity index (χ2v) is 4.01. The first-order valence-corrected chi connectivity index (χ1v) is 6.04. The number of nitrogens with two attached hydrogens (primary N) is 1. The molecule has 0 spiro atoms. The Kier molecular flexibility index (Phi) is 4.25. The van der Waals surface area contributed by atoms with Crippen LogP contribution in [0.2, 0.25) is 0 Å². The predicted molar refractivity (Wildman–Crippen MR) is 70.0 cm³/mol. The molecular formula is C14H17N3O. The first-order chi connectivity index (χ1) is 8.81. The lowest BCUT2D eigenvalue weighted by Crippen LogP contribution is -2.11. The quantitative estimate of drug-likeness (QED) is 0.876. The van der Waals surface area contributed by atoms with Gasteiger partial charge in [-0.05, 0) is 18.6 Å². The van der Waals surface area contributed by atoms with Crippen molar-refractivity contribution in [3.8, 4) is 5.75 Å². The Morgan fingerprint density at radius 2 is 1.89 bits per heavy atom. The van der Waals surface area contributed by atoms with Gasteiger partial charge in [0.1, 0.15) is 12.4 Å². The molecule has 94 valence electrons. The van der Waals surface area contributed by atoms with Crippen molar-refractivity contribution in [2.45, 2.75) is 26.0 Å². The minimum Gasteiger partial charge on any atom is -0.485 e. The first kappa shape index (κ1) is 12.5. The fourth-order valence-electron chi connectivity index (χ4n) is 1.69. The number of hydrogen-bond donors (Lipinski definition) is 1. The standard InChI is InChI=1S/C14H17N3O/c1-2-12(15)11-6-3-4-7-13(11)18-10-14-16-8-5-9-17-14/h3-9,12H,2,10,15H2,1H3/t12-/m1/s1. The number of aromatic nitrogens is 2. The van der Waals surface area contributed by atoms with Crippen LogP contribution in [0.15, 0.2) is 42.7 Å². The minimum atomic E-state index is -0.00195. The van der Waals surface area contributed by atoms with Gasteiger partial charge in [0.2, 0.25) is 0 Å². The molecule has 0 aliphatic carbocycles. The zero-order valence-electron chi connectivity index (χ0n) is 10.4. The van der Waals surface area contributed by atoms with Crippen molar-refractivity contribution >= 4 is 0 Å². The highest BCUT2D eigenvalue weighted by atomic mass is 16.5. The van der Waals surface area contributed by atoms with E-state index in [4.69, 9.17) is 10.5 Å². The Labute approximate surface area is 107 Å². The summed E-state index contributed by atoms with van der Waals surface area (Å²) in [7, 11) is 0. The lowest BCUT2D eigenvalue weighted by Gasteiger charge is -2.15. The van der Waals surface area contributed by atoms with Gasteiger partial charge in [-0.1, -0.05) is 25.1 Å². The molecule has 2 aromatic rings. The maximum atomic E-state index is 6.05. The van der Waals surface area contributed by atoms with Crippen LogP contribution in [0.5, 0.6) is 5.75 Å². The van der Waals surface area contributed by atoms with Crippen molar-refractivity contribution in [2.24, 2.45) is 5.73 Å². The molecule has 4 heteroatoms. The maximum absolute atomic E-state index is 6.05. The summed E-state index contributed by atoms with van der Waals surface area (Å²) in [5.74, 6) is 1.47. The molecule has 0 aliphatic rings. The van der Waals surface area contributed by atoms with Crippen LogP contribution in [0.1, 0.15) is 30.8 Å². The lowest BCUT2D eigenvalue weighted by atomic mass is 10.0. The van der Waals surface area contributed by atoms with E-state index in [1.54, 1.807) is 18.5 Å². The summed E-state index contributed by atoms with van der Waals surface area (Å²) in [5.41, 5.74) is 7.08. The summed E-state index contributed by atoms with van der Waals surface area (Å²) >= 11 is 0. The van der Waals surface area contributed by atoms with Gasteiger partial charge in [-0.25, -0.2) is 9.97 Å². The fourth-order valence-corrected chi connectivity index (χ4v) is 1.69. The van der Waals surface area contributed by atoms with E-state index in [1.165, 1.54) is 0 Å². The zero-order chi connectivity index (χ0) is 12.8. The topological polar surface area (TPSA) is 61.0 Å². The molecule has 0 aliphatic heterocycles. The highest BCUT2D eigenvalue weighted by molar-refractivity contribution is 5.35. The number of nitrogens with zero attached hydrogens (tertiary/aromatic N) is 2. The zero-order valence-corrected chi connectivity index (χ0v) is 10.4. The minimum absolute atomic E-state index is 0.00195. The predicted octanol–water partition coefficient (Wildman–Crippen LogP) is 2.47. The maximum Gasteiger partial charge on any atom is 0.166 e. The third-order valence-electron chi connectivity index (χ3n) is 2.73. The van der Waals surface area contributed by atoms with E-state index in [2.05, 4.69) is 16.9 Å². The third-order valence-corrected chi connectivity index (χ3v) is 2.73. The van der Waals surface area contributed by atoms with E-state index >= 15 is 0 Å². The summed E-state index contributed by atoms with van der Waals surface area (Å²) < 4.78 is 5.74. The molecular weight excluding hydrogens is 226 g/mol. The molecule has 4 nitrogen and oxygen atoms in total. The highest BCUT2D eigenvalue weighted by Crippen LogP contribution is 2.25. The van der Waals surface area contributed by atoms with Crippen molar-refractivity contribution in [3.63, 3.8) is 0 Å². The number of ether oxygens (including phenoxy) is 1. The van der Waals surface area contributed by atoms with Gasteiger partial charge in [0, 0.05) is 24.0 Å². The molecule has 0 radical (unpaired) electrons. The molecule has 0 saturated carbocycles. The molecule has 0 unspecified atom stereocenters. The van der Waals surface area contributed by atoms with Crippen LogP contribution < -0.4 is 10.5 Å². The van der Waals surface area contributed by atoms with E-state index in [1.807, 2.05) is 24.3 Å². The molecule has 0 saturated heterocycles. The van der Waals surface area contributed by atoms with Crippen LogP contribution in [0.4, 0.5) is 0 Å². The summed E-state index contributed by atoms with van der Waals surface area (Å²) in [6.45, 7) is 2.41. The van der Waals surface area contributed by atoms with E-state index in [0.29, 0.717) is 12.4 Å². The van der Waals surface area contributed by atoms with E-state index in [-0.39, 0.29) is 6.04 Å². The lowest BCUT2D eigenvalue weighted by molar-refractivity contribution is 0.290. The van der Waals surface area contributed by atoms with E-state index < -0.39 is 0 Å². The van der Waals surface area contributed by atoms with Gasteiger partial charge in [-0.2, -0.15) is 0 Å². The van der Waals surface area contributed by atoms with Crippen molar-refractivity contribution in [1.29, 1.82) is 0 Å².